The maximum Gasteiger partial charge on any atom is 0.267 e. The Morgan fingerprint density at radius 1 is 1.38 bits per heavy atom. The van der Waals surface area contributed by atoms with Gasteiger partial charge in [-0.15, -0.1) is 0 Å². The van der Waals surface area contributed by atoms with Crippen molar-refractivity contribution in [2.45, 2.75) is 0 Å². The summed E-state index contributed by atoms with van der Waals surface area (Å²) in [5, 5.41) is 15.8. The molecule has 1 aliphatic rings. The van der Waals surface area contributed by atoms with Gasteiger partial charge >= 0.3 is 0 Å². The first-order valence-electron chi connectivity index (χ1n) is 6.43. The van der Waals surface area contributed by atoms with Crippen LogP contribution in [0.4, 0.5) is 5.69 Å². The summed E-state index contributed by atoms with van der Waals surface area (Å²) in [4.78, 5) is 14.1. The predicted molar refractivity (Wildman–Crippen MR) is 83.2 cm³/mol. The molecule has 1 amide bonds. The summed E-state index contributed by atoms with van der Waals surface area (Å²) in [5.41, 5.74) is 0.468. The lowest BCUT2D eigenvalue weighted by molar-refractivity contribution is -0.112. The Labute approximate surface area is 133 Å². The van der Waals surface area contributed by atoms with Crippen molar-refractivity contribution in [2.75, 3.05) is 31.5 Å². The highest BCUT2D eigenvalue weighted by Crippen LogP contribution is 2.25. The minimum atomic E-state index is -0.486. The Morgan fingerprint density at radius 3 is 2.71 bits per heavy atom. The van der Waals surface area contributed by atoms with E-state index in [2.05, 4.69) is 10.6 Å². The molecule has 0 aliphatic carbocycles. The molecule has 1 saturated heterocycles. The molecule has 1 fully saturated rings. The molecule has 0 unspecified atom stereocenters. The van der Waals surface area contributed by atoms with E-state index < -0.39 is 5.91 Å². The average Bonchev–Trinajstić information content (AvgIpc) is 2.48. The van der Waals surface area contributed by atoms with Crippen LogP contribution in [0.1, 0.15) is 0 Å². The van der Waals surface area contributed by atoms with Crippen molar-refractivity contribution in [1.29, 1.82) is 5.26 Å². The number of hydrogen-bond donors (Lipinski definition) is 2. The molecule has 1 heterocycles. The van der Waals surface area contributed by atoms with Crippen LogP contribution in [0.15, 0.2) is 30.0 Å². The normalized spacial score (nSPS) is 15.5. The van der Waals surface area contributed by atoms with Crippen molar-refractivity contribution in [3.05, 3.63) is 40.0 Å². The third-order valence-electron chi connectivity index (χ3n) is 3.01. The van der Waals surface area contributed by atoms with Crippen LogP contribution >= 0.6 is 23.2 Å². The monoisotopic (exact) mass is 324 g/mol. The van der Waals surface area contributed by atoms with Crippen LogP contribution in [0.3, 0.4) is 0 Å². The zero-order valence-corrected chi connectivity index (χ0v) is 12.7. The lowest BCUT2D eigenvalue weighted by Crippen LogP contribution is -2.41. The summed E-state index contributed by atoms with van der Waals surface area (Å²) in [6.07, 6.45) is 1.58. The quantitative estimate of drug-likeness (QED) is 0.661. The Hall–Kier alpha value is -1.74. The Bertz CT molecular complexity index is 603. The molecular weight excluding hydrogens is 311 g/mol. The van der Waals surface area contributed by atoms with Gasteiger partial charge in [0.1, 0.15) is 11.6 Å². The highest BCUT2D eigenvalue weighted by atomic mass is 35.5. The minimum Gasteiger partial charge on any atom is -0.374 e. The maximum absolute atomic E-state index is 12.1. The number of halogens is 2. The molecule has 21 heavy (non-hydrogen) atoms. The standard InChI is InChI=1S/C14H14Cl2N4O/c15-11-1-2-13(12(16)7-11)19-14(21)10(8-17)9-20-5-3-18-4-6-20/h1-2,7,9,18H,3-6H2,(H,19,21)/b10-9-. The number of carbonyl (C=O) groups is 1. The van der Waals surface area contributed by atoms with Gasteiger partial charge in [-0.25, -0.2) is 0 Å². The van der Waals surface area contributed by atoms with Crippen molar-refractivity contribution < 1.29 is 4.79 Å². The number of hydrogen-bond acceptors (Lipinski definition) is 4. The van der Waals surface area contributed by atoms with Gasteiger partial charge in [0.15, 0.2) is 0 Å². The van der Waals surface area contributed by atoms with Crippen LogP contribution in [-0.2, 0) is 4.79 Å². The van der Waals surface area contributed by atoms with E-state index >= 15 is 0 Å². The molecule has 7 heteroatoms. The molecule has 0 spiro atoms. The fraction of sp³-hybridized carbons (Fsp3) is 0.286. The number of amides is 1. The number of piperazine rings is 1. The van der Waals surface area contributed by atoms with E-state index in [1.165, 1.54) is 6.07 Å². The molecule has 0 atom stereocenters. The Balaban J connectivity index is 2.09. The van der Waals surface area contributed by atoms with E-state index in [0.717, 1.165) is 26.2 Å². The molecule has 2 rings (SSSR count). The van der Waals surface area contributed by atoms with Gasteiger partial charge in [0.25, 0.3) is 5.91 Å². The highest BCUT2D eigenvalue weighted by Gasteiger charge is 2.14. The zero-order chi connectivity index (χ0) is 15.2. The Kier molecular flexibility index (Phi) is 5.45. The van der Waals surface area contributed by atoms with Crippen molar-refractivity contribution in [2.24, 2.45) is 0 Å². The molecule has 1 aromatic rings. The second-order valence-electron chi connectivity index (χ2n) is 4.52. The molecule has 0 aromatic heterocycles. The van der Waals surface area contributed by atoms with E-state index in [1.54, 1.807) is 18.3 Å². The van der Waals surface area contributed by atoms with E-state index in [4.69, 9.17) is 28.5 Å². The molecule has 0 saturated carbocycles. The smallest absolute Gasteiger partial charge is 0.267 e. The second-order valence-corrected chi connectivity index (χ2v) is 5.36. The van der Waals surface area contributed by atoms with Crippen LogP contribution in [0, 0.1) is 11.3 Å². The molecular formula is C14H14Cl2N4O. The number of benzene rings is 1. The van der Waals surface area contributed by atoms with Gasteiger partial charge in [0, 0.05) is 37.4 Å². The number of nitrogens with zero attached hydrogens (tertiary/aromatic N) is 2. The molecule has 0 radical (unpaired) electrons. The topological polar surface area (TPSA) is 68.2 Å². The summed E-state index contributed by atoms with van der Waals surface area (Å²) in [6, 6.07) is 6.67. The van der Waals surface area contributed by atoms with Gasteiger partial charge < -0.3 is 15.5 Å². The fourth-order valence-corrected chi connectivity index (χ4v) is 2.37. The molecule has 5 nitrogen and oxygen atoms in total. The van der Waals surface area contributed by atoms with Crippen LogP contribution < -0.4 is 10.6 Å². The summed E-state index contributed by atoms with van der Waals surface area (Å²) in [5.74, 6) is -0.486. The number of rotatable bonds is 3. The number of nitrogens with one attached hydrogen (secondary N) is 2. The van der Waals surface area contributed by atoms with Crippen molar-refractivity contribution >= 4 is 34.8 Å². The number of anilines is 1. The lowest BCUT2D eigenvalue weighted by atomic mass is 10.2. The summed E-state index contributed by atoms with van der Waals surface area (Å²) in [6.45, 7) is 3.19. The first kappa shape index (κ1) is 15.6. The highest BCUT2D eigenvalue weighted by molar-refractivity contribution is 6.36. The lowest BCUT2D eigenvalue weighted by Gasteiger charge is -2.26. The third-order valence-corrected chi connectivity index (χ3v) is 3.56. The van der Waals surface area contributed by atoms with Gasteiger partial charge in [-0.3, -0.25) is 4.79 Å². The fourth-order valence-electron chi connectivity index (χ4n) is 1.91. The van der Waals surface area contributed by atoms with E-state index in [9.17, 15) is 4.79 Å². The molecule has 1 aliphatic heterocycles. The van der Waals surface area contributed by atoms with E-state index in [0.29, 0.717) is 15.7 Å². The molecule has 1 aromatic carbocycles. The van der Waals surface area contributed by atoms with Crippen LogP contribution in [0.5, 0.6) is 0 Å². The second kappa shape index (κ2) is 7.32. The van der Waals surface area contributed by atoms with Crippen molar-refractivity contribution in [3.8, 4) is 6.07 Å². The summed E-state index contributed by atoms with van der Waals surface area (Å²) < 4.78 is 0. The van der Waals surface area contributed by atoms with Crippen LogP contribution in [0.25, 0.3) is 0 Å². The van der Waals surface area contributed by atoms with Gasteiger partial charge in [-0.05, 0) is 18.2 Å². The molecule has 0 bridgehead atoms. The van der Waals surface area contributed by atoms with E-state index in [-0.39, 0.29) is 5.57 Å². The van der Waals surface area contributed by atoms with Gasteiger partial charge in [-0.2, -0.15) is 5.26 Å². The largest absolute Gasteiger partial charge is 0.374 e. The van der Waals surface area contributed by atoms with Gasteiger partial charge in [-0.1, -0.05) is 23.2 Å². The van der Waals surface area contributed by atoms with E-state index in [1.807, 2.05) is 11.0 Å². The maximum atomic E-state index is 12.1. The first-order chi connectivity index (χ1) is 10.1. The average molecular weight is 325 g/mol. The van der Waals surface area contributed by atoms with Crippen molar-refractivity contribution in [1.82, 2.24) is 10.2 Å². The summed E-state index contributed by atoms with van der Waals surface area (Å²) in [7, 11) is 0. The zero-order valence-electron chi connectivity index (χ0n) is 11.2. The predicted octanol–water partition coefficient (Wildman–Crippen LogP) is 2.24. The molecule has 110 valence electrons. The van der Waals surface area contributed by atoms with Crippen LogP contribution in [-0.4, -0.2) is 37.0 Å². The van der Waals surface area contributed by atoms with Gasteiger partial charge in [0.05, 0.1) is 10.7 Å². The molecule has 2 N–H and O–H groups in total. The SMILES string of the molecule is N#C/C(=C/N1CCNCC1)C(=O)Nc1ccc(Cl)cc1Cl. The minimum absolute atomic E-state index is 0.0444. The first-order valence-corrected chi connectivity index (χ1v) is 7.19. The van der Waals surface area contributed by atoms with Crippen molar-refractivity contribution in [3.63, 3.8) is 0 Å². The number of nitriles is 1. The number of carbonyl (C=O) groups excluding carboxylic acids is 1. The van der Waals surface area contributed by atoms with Crippen LogP contribution in [0.2, 0.25) is 10.0 Å². The van der Waals surface area contributed by atoms with Gasteiger partial charge in [0.2, 0.25) is 0 Å². The Morgan fingerprint density at radius 2 is 2.10 bits per heavy atom. The third kappa shape index (κ3) is 4.36. The summed E-state index contributed by atoms with van der Waals surface area (Å²) >= 11 is 11.8.